The number of phosphoric acid groups is 1. The topological polar surface area (TPSA) is 155 Å². The molecule has 12 heteroatoms. The van der Waals surface area contributed by atoms with Crippen LogP contribution in [0.1, 0.15) is 175 Å². The number of hydrogen-bond acceptors (Lipinski definition) is 10. The van der Waals surface area contributed by atoms with Gasteiger partial charge in [0.1, 0.15) is 12.7 Å². The van der Waals surface area contributed by atoms with E-state index >= 15 is 0 Å². The van der Waals surface area contributed by atoms with E-state index in [4.69, 9.17) is 23.3 Å². The zero-order valence-corrected chi connectivity index (χ0v) is 44.1. The molecule has 394 valence electrons. The molecule has 0 aromatic carbocycles. The summed E-state index contributed by atoms with van der Waals surface area (Å²) >= 11 is 0. The monoisotopic (exact) mass is 995 g/mol. The molecule has 0 rings (SSSR count). The molecule has 0 radical (unpaired) electrons. The van der Waals surface area contributed by atoms with Crippen LogP contribution in [-0.4, -0.2) is 66.5 Å². The lowest BCUT2D eigenvalue weighted by Gasteiger charge is -2.21. The van der Waals surface area contributed by atoms with Gasteiger partial charge in [0, 0.05) is 19.3 Å². The van der Waals surface area contributed by atoms with Crippen LogP contribution in [0.5, 0.6) is 0 Å². The fourth-order valence-electron chi connectivity index (χ4n) is 6.15. The average Bonchev–Trinajstić information content (AvgIpc) is 3.35. The number of aliphatic hydroxyl groups is 1. The summed E-state index contributed by atoms with van der Waals surface area (Å²) in [5.41, 5.74) is 0. The van der Waals surface area contributed by atoms with Crippen LogP contribution in [0.2, 0.25) is 0 Å². The predicted octanol–water partition coefficient (Wildman–Crippen LogP) is 15.0. The third kappa shape index (κ3) is 48.6. The molecule has 0 aromatic heterocycles. The van der Waals surface area contributed by atoms with Crippen molar-refractivity contribution in [3.8, 4) is 0 Å². The first-order valence-electron chi connectivity index (χ1n) is 26.1. The average molecular weight is 995 g/mol. The van der Waals surface area contributed by atoms with Crippen LogP contribution < -0.4 is 0 Å². The first-order valence-corrected chi connectivity index (χ1v) is 27.6. The largest absolute Gasteiger partial charge is 0.472 e. The van der Waals surface area contributed by atoms with Gasteiger partial charge in [-0.05, 0) is 109 Å². The fraction of sp³-hybridized carbons (Fsp3) is 0.569. The first-order chi connectivity index (χ1) is 34.2. The van der Waals surface area contributed by atoms with Crippen molar-refractivity contribution in [1.82, 2.24) is 0 Å². The van der Waals surface area contributed by atoms with E-state index < -0.39 is 57.8 Å². The maximum absolute atomic E-state index is 12.8. The number of esters is 3. The summed E-state index contributed by atoms with van der Waals surface area (Å²) in [6.07, 6.45) is 63.0. The molecule has 0 heterocycles. The number of aliphatic hydroxyl groups excluding tert-OH is 1. The highest BCUT2D eigenvalue weighted by molar-refractivity contribution is 7.47. The van der Waals surface area contributed by atoms with Crippen molar-refractivity contribution in [2.24, 2.45) is 0 Å². The molecule has 0 aliphatic rings. The normalized spacial score (nSPS) is 14.5. The fourth-order valence-corrected chi connectivity index (χ4v) is 6.93. The number of hydrogen-bond donors (Lipinski definition) is 2. The van der Waals surface area contributed by atoms with Crippen LogP contribution in [0.25, 0.3) is 0 Å². The highest BCUT2D eigenvalue weighted by Gasteiger charge is 2.28. The van der Waals surface area contributed by atoms with Gasteiger partial charge in [0.15, 0.2) is 6.10 Å². The number of ether oxygens (including phenoxy) is 3. The lowest BCUT2D eigenvalue weighted by molar-refractivity contribution is -0.161. The lowest BCUT2D eigenvalue weighted by Crippen LogP contribution is -2.30. The number of rotatable bonds is 46. The third-order valence-corrected chi connectivity index (χ3v) is 11.0. The minimum atomic E-state index is -4.79. The standard InChI is InChI=1S/C58H91O11P/c1-4-7-10-13-16-19-22-25-26-27-28-31-34-37-40-43-46-49-58(62)69-55(51-65-56(60)47-44-41-38-35-32-29-23-20-17-14-11-8-5-2)53-67-70(63,64)66-52-54(50-59)68-57(61)48-45-42-39-36-33-30-24-21-18-15-12-9-6-3/h7,9-12,14,16,18-21,23,25-26,28,30-31,33,37,39-40,42,54-55,59H,4-6,8,13,15,17,22,24,27,29,32,34-36,38,41,43-53H2,1-3H3,(H,63,64)/b10-7-,12-9-,14-11-,19-16-,21-18-,23-20-,26-25-,31-28-,33-30-,40-37-,42-39-. The Morgan fingerprint density at radius 1 is 0.414 bits per heavy atom. The molecule has 70 heavy (non-hydrogen) atoms. The Morgan fingerprint density at radius 3 is 1.27 bits per heavy atom. The Balaban J connectivity index is 4.94. The number of carbonyl (C=O) groups is 3. The third-order valence-electron chi connectivity index (χ3n) is 10.0. The van der Waals surface area contributed by atoms with Gasteiger partial charge in [-0.2, -0.15) is 0 Å². The van der Waals surface area contributed by atoms with E-state index in [0.29, 0.717) is 25.7 Å². The van der Waals surface area contributed by atoms with Crippen molar-refractivity contribution in [3.05, 3.63) is 134 Å². The van der Waals surface area contributed by atoms with E-state index in [0.717, 1.165) is 109 Å². The van der Waals surface area contributed by atoms with Crippen LogP contribution in [0.15, 0.2) is 134 Å². The Bertz CT molecular complexity index is 1680. The van der Waals surface area contributed by atoms with E-state index in [1.165, 1.54) is 0 Å². The van der Waals surface area contributed by atoms with Gasteiger partial charge >= 0.3 is 25.7 Å². The van der Waals surface area contributed by atoms with E-state index in [1.54, 1.807) is 0 Å². The molecule has 0 saturated carbocycles. The molecule has 0 bridgehead atoms. The maximum Gasteiger partial charge on any atom is 0.472 e. The smallest absolute Gasteiger partial charge is 0.462 e. The van der Waals surface area contributed by atoms with Crippen molar-refractivity contribution in [2.75, 3.05) is 26.4 Å². The molecule has 3 atom stereocenters. The van der Waals surface area contributed by atoms with Crippen LogP contribution >= 0.6 is 7.82 Å². The van der Waals surface area contributed by atoms with E-state index in [9.17, 15) is 28.9 Å². The van der Waals surface area contributed by atoms with Gasteiger partial charge in [-0.25, -0.2) is 4.57 Å². The molecule has 0 saturated heterocycles. The molecule has 11 nitrogen and oxygen atoms in total. The highest BCUT2D eigenvalue weighted by atomic mass is 31.2. The van der Waals surface area contributed by atoms with Crippen molar-refractivity contribution in [2.45, 2.75) is 187 Å². The molecule has 3 unspecified atom stereocenters. The van der Waals surface area contributed by atoms with Crippen molar-refractivity contribution < 1.29 is 52.2 Å². The number of allylic oxidation sites excluding steroid dienone is 22. The first kappa shape index (κ1) is 65.6. The molecule has 0 aliphatic heterocycles. The molecule has 0 aliphatic carbocycles. The van der Waals surface area contributed by atoms with E-state index in [2.05, 4.69) is 124 Å². The van der Waals surface area contributed by atoms with Crippen LogP contribution in [0, 0.1) is 0 Å². The van der Waals surface area contributed by atoms with Gasteiger partial charge in [-0.3, -0.25) is 23.4 Å². The van der Waals surface area contributed by atoms with Gasteiger partial charge < -0.3 is 24.2 Å². The Kier molecular flexibility index (Phi) is 47.8. The quantitative estimate of drug-likeness (QED) is 0.0197. The minimum Gasteiger partial charge on any atom is -0.462 e. The molecule has 0 aromatic rings. The molecule has 2 N–H and O–H groups in total. The number of unbranched alkanes of at least 4 members (excludes halogenated alkanes) is 7. The van der Waals surface area contributed by atoms with Crippen molar-refractivity contribution in [3.63, 3.8) is 0 Å². The van der Waals surface area contributed by atoms with Gasteiger partial charge in [-0.1, -0.05) is 180 Å². The Morgan fingerprint density at radius 2 is 0.786 bits per heavy atom. The summed E-state index contributed by atoms with van der Waals surface area (Å²) in [6, 6.07) is 0. The molecule has 0 fully saturated rings. The minimum absolute atomic E-state index is 0.0432. The van der Waals surface area contributed by atoms with Crippen LogP contribution in [0.3, 0.4) is 0 Å². The zero-order chi connectivity index (χ0) is 51.3. The van der Waals surface area contributed by atoms with E-state index in [-0.39, 0.29) is 25.9 Å². The summed E-state index contributed by atoms with van der Waals surface area (Å²) < 4.78 is 39.2. The molecule has 0 amide bonds. The number of carbonyl (C=O) groups excluding carboxylic acids is 3. The number of phosphoric ester groups is 1. The Labute approximate surface area is 423 Å². The lowest BCUT2D eigenvalue weighted by atomic mass is 10.1. The SMILES string of the molecule is CC/C=C\C/C=C\C/C=C\C/C=C\C/C=C\CCCC(=O)OC(COC(=O)CCCCCCC/C=C\C/C=C\CCC)COP(=O)(O)OCC(CO)OC(=O)CC/C=C\C/C=C\C/C=C\C/C=C\CC. The molecule has 0 spiro atoms. The maximum atomic E-state index is 12.8. The Hall–Kier alpha value is -4.38. The summed E-state index contributed by atoms with van der Waals surface area (Å²) in [5, 5.41) is 9.76. The summed E-state index contributed by atoms with van der Waals surface area (Å²) in [5.74, 6) is -1.66. The highest BCUT2D eigenvalue weighted by Crippen LogP contribution is 2.43. The van der Waals surface area contributed by atoms with E-state index in [1.807, 2.05) is 30.4 Å². The predicted molar refractivity (Wildman–Crippen MR) is 288 cm³/mol. The van der Waals surface area contributed by atoms with Crippen molar-refractivity contribution >= 4 is 25.7 Å². The van der Waals surface area contributed by atoms with Crippen LogP contribution in [-0.2, 0) is 42.2 Å². The van der Waals surface area contributed by atoms with Gasteiger partial charge in [0.25, 0.3) is 0 Å². The van der Waals surface area contributed by atoms with Crippen LogP contribution in [0.4, 0.5) is 0 Å². The second-order valence-corrected chi connectivity index (χ2v) is 18.0. The van der Waals surface area contributed by atoms with Crippen molar-refractivity contribution in [1.29, 1.82) is 0 Å². The molecular weight excluding hydrogens is 904 g/mol. The zero-order valence-electron chi connectivity index (χ0n) is 43.2. The second kappa shape index (κ2) is 51.0. The van der Waals surface area contributed by atoms with Gasteiger partial charge in [0.2, 0.25) is 0 Å². The van der Waals surface area contributed by atoms with Gasteiger partial charge in [-0.15, -0.1) is 0 Å². The van der Waals surface area contributed by atoms with Gasteiger partial charge in [0.05, 0.1) is 19.8 Å². The second-order valence-electron chi connectivity index (χ2n) is 16.6. The summed E-state index contributed by atoms with van der Waals surface area (Å²) in [4.78, 5) is 48.3. The molecular formula is C58H91O11P. The summed E-state index contributed by atoms with van der Waals surface area (Å²) in [6.45, 7) is 4.14. The summed E-state index contributed by atoms with van der Waals surface area (Å²) in [7, 11) is -4.79.